The van der Waals surface area contributed by atoms with E-state index >= 15 is 0 Å². The van der Waals surface area contributed by atoms with Crippen molar-refractivity contribution in [2.45, 2.75) is 31.6 Å². The van der Waals surface area contributed by atoms with Crippen LogP contribution in [0.25, 0.3) is 0 Å². The predicted molar refractivity (Wildman–Crippen MR) is 83.1 cm³/mol. The van der Waals surface area contributed by atoms with Crippen molar-refractivity contribution >= 4 is 5.91 Å². The van der Waals surface area contributed by atoms with Gasteiger partial charge in [-0.15, -0.1) is 0 Å². The van der Waals surface area contributed by atoms with Crippen LogP contribution in [0.3, 0.4) is 0 Å². The molecule has 1 aromatic heterocycles. The third kappa shape index (κ3) is 3.48. The molecule has 0 bridgehead atoms. The number of aromatic nitrogens is 1. The van der Waals surface area contributed by atoms with Crippen LogP contribution in [0.2, 0.25) is 0 Å². The van der Waals surface area contributed by atoms with Crippen LogP contribution in [0.4, 0.5) is 0 Å². The maximum absolute atomic E-state index is 12.1. The van der Waals surface area contributed by atoms with E-state index in [0.717, 1.165) is 19.3 Å². The van der Waals surface area contributed by atoms with Gasteiger partial charge in [0, 0.05) is 25.4 Å². The summed E-state index contributed by atoms with van der Waals surface area (Å²) in [6, 6.07) is 12.5. The number of carbonyl (C=O) groups is 1. The lowest BCUT2D eigenvalue weighted by molar-refractivity contribution is -0.121. The summed E-state index contributed by atoms with van der Waals surface area (Å²) >= 11 is 0. The van der Waals surface area contributed by atoms with E-state index in [0.29, 0.717) is 18.9 Å². The Morgan fingerprint density at radius 1 is 1.19 bits per heavy atom. The zero-order chi connectivity index (χ0) is 14.5. The maximum atomic E-state index is 12.1. The number of carbonyl (C=O) groups excluding carboxylic acids is 1. The highest BCUT2D eigenvalue weighted by atomic mass is 16.1. The van der Waals surface area contributed by atoms with E-state index < -0.39 is 0 Å². The van der Waals surface area contributed by atoms with E-state index in [9.17, 15) is 4.79 Å². The number of benzene rings is 1. The molecule has 0 fully saturated rings. The molecule has 3 nitrogen and oxygen atoms in total. The number of pyridine rings is 1. The van der Waals surface area contributed by atoms with E-state index in [1.807, 2.05) is 12.1 Å². The quantitative estimate of drug-likeness (QED) is 0.915. The summed E-state index contributed by atoms with van der Waals surface area (Å²) in [5, 5.41) is 3.03. The van der Waals surface area contributed by atoms with Crippen molar-refractivity contribution in [2.24, 2.45) is 0 Å². The van der Waals surface area contributed by atoms with Gasteiger partial charge in [0.2, 0.25) is 5.91 Å². The smallest absolute Gasteiger partial charge is 0.220 e. The minimum atomic E-state index is 0.158. The lowest BCUT2D eigenvalue weighted by Gasteiger charge is -2.11. The molecule has 21 heavy (non-hydrogen) atoms. The summed E-state index contributed by atoms with van der Waals surface area (Å²) in [4.78, 5) is 16.1. The Bertz CT molecular complexity index is 610. The summed E-state index contributed by atoms with van der Waals surface area (Å²) < 4.78 is 0. The highest BCUT2D eigenvalue weighted by Crippen LogP contribution is 2.34. The molecule has 0 unspecified atom stereocenters. The average molecular weight is 280 g/mol. The van der Waals surface area contributed by atoms with Crippen molar-refractivity contribution in [1.82, 2.24) is 10.3 Å². The van der Waals surface area contributed by atoms with Gasteiger partial charge in [-0.05, 0) is 54.0 Å². The zero-order valence-electron chi connectivity index (χ0n) is 12.1. The second kappa shape index (κ2) is 6.53. The molecule has 2 aromatic rings. The topological polar surface area (TPSA) is 42.0 Å². The molecule has 3 rings (SSSR count). The number of hydrogen-bond acceptors (Lipinski definition) is 2. The molecule has 3 heteroatoms. The van der Waals surface area contributed by atoms with Crippen molar-refractivity contribution in [2.75, 3.05) is 6.54 Å². The summed E-state index contributed by atoms with van der Waals surface area (Å²) in [5.41, 5.74) is 3.98. The molecule has 1 heterocycles. The molecule has 0 aliphatic heterocycles. The van der Waals surface area contributed by atoms with Gasteiger partial charge in [0.15, 0.2) is 0 Å². The lowest BCUT2D eigenvalue weighted by Crippen LogP contribution is -2.26. The number of nitrogens with zero attached hydrogens (tertiary/aromatic N) is 1. The molecule has 0 radical (unpaired) electrons. The first-order valence-corrected chi connectivity index (χ1v) is 7.56. The van der Waals surface area contributed by atoms with Gasteiger partial charge in [-0.3, -0.25) is 9.78 Å². The molecule has 108 valence electrons. The van der Waals surface area contributed by atoms with E-state index in [2.05, 4.69) is 34.6 Å². The minimum absolute atomic E-state index is 0.158. The standard InChI is InChI=1S/C18H20N2O/c21-18(20-12-9-14-7-10-19-11-8-14)13-16-6-5-15-3-1-2-4-17(15)16/h1-4,7-8,10-11,16H,5-6,9,12-13H2,(H,20,21)/t16-/m1/s1. The van der Waals surface area contributed by atoms with Gasteiger partial charge in [-0.2, -0.15) is 0 Å². The first kappa shape index (κ1) is 13.8. The molecular weight excluding hydrogens is 260 g/mol. The van der Waals surface area contributed by atoms with Gasteiger partial charge in [-0.25, -0.2) is 0 Å². The molecule has 1 amide bonds. The van der Waals surface area contributed by atoms with Crippen LogP contribution < -0.4 is 5.32 Å². The second-order valence-corrected chi connectivity index (χ2v) is 5.59. The molecule has 1 aliphatic rings. The fourth-order valence-electron chi connectivity index (χ4n) is 3.05. The van der Waals surface area contributed by atoms with Crippen LogP contribution in [0.5, 0.6) is 0 Å². The Morgan fingerprint density at radius 2 is 2.00 bits per heavy atom. The second-order valence-electron chi connectivity index (χ2n) is 5.59. The Morgan fingerprint density at radius 3 is 2.86 bits per heavy atom. The van der Waals surface area contributed by atoms with Crippen LogP contribution >= 0.6 is 0 Å². The Kier molecular flexibility index (Phi) is 4.29. The third-order valence-corrected chi connectivity index (χ3v) is 4.17. The Hall–Kier alpha value is -2.16. The minimum Gasteiger partial charge on any atom is -0.356 e. The van der Waals surface area contributed by atoms with Gasteiger partial charge >= 0.3 is 0 Å². The SMILES string of the molecule is O=C(C[C@H]1CCc2ccccc21)NCCc1ccncc1. The van der Waals surface area contributed by atoms with Gasteiger partial charge in [0.05, 0.1) is 0 Å². The third-order valence-electron chi connectivity index (χ3n) is 4.17. The highest BCUT2D eigenvalue weighted by Gasteiger charge is 2.23. The maximum Gasteiger partial charge on any atom is 0.220 e. The van der Waals surface area contributed by atoms with Crippen LogP contribution in [-0.4, -0.2) is 17.4 Å². The molecule has 1 aromatic carbocycles. The van der Waals surface area contributed by atoms with Gasteiger partial charge < -0.3 is 5.32 Å². The largest absolute Gasteiger partial charge is 0.356 e. The zero-order valence-corrected chi connectivity index (χ0v) is 12.1. The van der Waals surface area contributed by atoms with E-state index in [-0.39, 0.29) is 5.91 Å². The summed E-state index contributed by atoms with van der Waals surface area (Å²) in [7, 11) is 0. The van der Waals surface area contributed by atoms with Crippen LogP contribution in [0.1, 0.15) is 35.4 Å². The fourth-order valence-corrected chi connectivity index (χ4v) is 3.05. The van der Waals surface area contributed by atoms with Gasteiger partial charge in [0.25, 0.3) is 0 Å². The molecule has 1 atom stereocenters. The van der Waals surface area contributed by atoms with Crippen LogP contribution in [0.15, 0.2) is 48.8 Å². The summed E-state index contributed by atoms with van der Waals surface area (Å²) in [6.45, 7) is 0.692. The molecule has 0 saturated carbocycles. The van der Waals surface area contributed by atoms with Gasteiger partial charge in [0.1, 0.15) is 0 Å². The predicted octanol–water partition coefficient (Wildman–Crippen LogP) is 2.86. The average Bonchev–Trinajstić information content (AvgIpc) is 2.92. The highest BCUT2D eigenvalue weighted by molar-refractivity contribution is 5.77. The van der Waals surface area contributed by atoms with Crippen molar-refractivity contribution in [1.29, 1.82) is 0 Å². The first-order chi connectivity index (χ1) is 10.3. The van der Waals surface area contributed by atoms with E-state index in [4.69, 9.17) is 0 Å². The molecule has 1 aliphatic carbocycles. The lowest BCUT2D eigenvalue weighted by atomic mass is 9.97. The Balaban J connectivity index is 1.47. The first-order valence-electron chi connectivity index (χ1n) is 7.56. The molecular formula is C18H20N2O. The monoisotopic (exact) mass is 280 g/mol. The van der Waals surface area contributed by atoms with Crippen LogP contribution in [-0.2, 0) is 17.6 Å². The number of aryl methyl sites for hydroxylation is 1. The molecule has 0 saturated heterocycles. The number of nitrogens with one attached hydrogen (secondary N) is 1. The Labute approximate surface area is 125 Å². The van der Waals surface area contributed by atoms with Crippen LogP contribution in [0, 0.1) is 0 Å². The van der Waals surface area contributed by atoms with Crippen molar-refractivity contribution in [3.8, 4) is 0 Å². The normalized spacial score (nSPS) is 16.5. The fraction of sp³-hybridized carbons (Fsp3) is 0.333. The summed E-state index contributed by atoms with van der Waals surface area (Å²) in [5.74, 6) is 0.549. The van der Waals surface area contributed by atoms with Crippen molar-refractivity contribution in [3.05, 3.63) is 65.5 Å². The number of amides is 1. The number of fused-ring (bicyclic) bond motifs is 1. The van der Waals surface area contributed by atoms with Crippen molar-refractivity contribution < 1.29 is 4.79 Å². The number of rotatable bonds is 5. The molecule has 0 spiro atoms. The number of hydrogen-bond donors (Lipinski definition) is 1. The molecule has 1 N–H and O–H groups in total. The van der Waals surface area contributed by atoms with E-state index in [1.54, 1.807) is 12.4 Å². The van der Waals surface area contributed by atoms with E-state index in [1.165, 1.54) is 16.7 Å². The van der Waals surface area contributed by atoms with Crippen molar-refractivity contribution in [3.63, 3.8) is 0 Å². The van der Waals surface area contributed by atoms with Gasteiger partial charge in [-0.1, -0.05) is 24.3 Å². The summed E-state index contributed by atoms with van der Waals surface area (Å²) in [6.07, 6.45) is 7.23.